The number of hydrogen-bond donors (Lipinski definition) is 2. The molecule has 1 saturated heterocycles. The van der Waals surface area contributed by atoms with E-state index >= 15 is 0 Å². The Bertz CT molecular complexity index is 414. The van der Waals surface area contributed by atoms with Crippen molar-refractivity contribution in [2.75, 3.05) is 18.1 Å². The van der Waals surface area contributed by atoms with E-state index < -0.39 is 0 Å². The number of aliphatic hydroxyl groups is 1. The number of rotatable bonds is 6. The van der Waals surface area contributed by atoms with E-state index in [1.165, 1.54) is 0 Å². The Hall–Kier alpha value is -1.14. The number of nitrogens with one attached hydrogen (secondary N) is 1. The quantitative estimate of drug-likeness (QED) is 0.827. The fraction of sp³-hybridized carbons (Fsp3) is 0.857. The van der Waals surface area contributed by atoms with Crippen LogP contribution in [0.15, 0.2) is 4.42 Å². The molecule has 0 spiro atoms. The third-order valence-electron chi connectivity index (χ3n) is 3.54. The van der Waals surface area contributed by atoms with E-state index in [2.05, 4.69) is 41.2 Å². The highest BCUT2D eigenvalue weighted by atomic mass is 16.4. The Kier molecular flexibility index (Phi) is 4.99. The molecule has 0 aliphatic carbocycles. The lowest BCUT2D eigenvalue weighted by atomic mass is 10.1. The zero-order chi connectivity index (χ0) is 14.6. The number of aromatic nitrogens is 2. The van der Waals surface area contributed by atoms with Gasteiger partial charge < -0.3 is 19.7 Å². The standard InChI is InChI=1S/C14H26N4O2/c1-14(2,3)15-10-12-16-17-13(20-12)18-8-4-6-11(18)7-5-9-19/h11,15,19H,4-10H2,1-3H3. The third kappa shape index (κ3) is 4.18. The van der Waals surface area contributed by atoms with E-state index in [-0.39, 0.29) is 12.1 Å². The molecular weight excluding hydrogens is 256 g/mol. The summed E-state index contributed by atoms with van der Waals surface area (Å²) in [7, 11) is 0. The van der Waals surface area contributed by atoms with E-state index in [4.69, 9.17) is 9.52 Å². The van der Waals surface area contributed by atoms with Crippen LogP contribution in [0, 0.1) is 0 Å². The first-order valence-electron chi connectivity index (χ1n) is 7.44. The molecule has 1 aliphatic heterocycles. The Morgan fingerprint density at radius 2 is 2.20 bits per heavy atom. The second-order valence-electron chi connectivity index (χ2n) is 6.44. The minimum Gasteiger partial charge on any atom is -0.407 e. The Balaban J connectivity index is 1.93. The molecule has 6 nitrogen and oxygen atoms in total. The van der Waals surface area contributed by atoms with Gasteiger partial charge in [-0.3, -0.25) is 0 Å². The molecule has 2 N–H and O–H groups in total. The summed E-state index contributed by atoms with van der Waals surface area (Å²) in [5, 5.41) is 20.6. The summed E-state index contributed by atoms with van der Waals surface area (Å²) in [6.07, 6.45) is 4.09. The van der Waals surface area contributed by atoms with E-state index in [0.29, 0.717) is 24.5 Å². The van der Waals surface area contributed by atoms with Crippen molar-refractivity contribution >= 4 is 6.01 Å². The maximum Gasteiger partial charge on any atom is 0.318 e. The second kappa shape index (κ2) is 6.54. The molecule has 1 aliphatic rings. The first-order chi connectivity index (χ1) is 9.49. The topological polar surface area (TPSA) is 74.4 Å². The highest BCUT2D eigenvalue weighted by Gasteiger charge is 2.28. The van der Waals surface area contributed by atoms with Crippen molar-refractivity contribution in [1.82, 2.24) is 15.5 Å². The molecule has 0 aromatic carbocycles. The second-order valence-corrected chi connectivity index (χ2v) is 6.44. The van der Waals surface area contributed by atoms with Gasteiger partial charge in [0.15, 0.2) is 0 Å². The minimum atomic E-state index is 0.0337. The molecule has 1 aromatic rings. The van der Waals surface area contributed by atoms with Crippen LogP contribution in [-0.2, 0) is 6.54 Å². The monoisotopic (exact) mass is 282 g/mol. The van der Waals surface area contributed by atoms with Gasteiger partial charge >= 0.3 is 6.01 Å². The van der Waals surface area contributed by atoms with E-state index in [9.17, 15) is 0 Å². The smallest absolute Gasteiger partial charge is 0.318 e. The minimum absolute atomic E-state index is 0.0337. The van der Waals surface area contributed by atoms with E-state index in [0.717, 1.165) is 32.2 Å². The van der Waals surface area contributed by atoms with Crippen molar-refractivity contribution in [3.63, 3.8) is 0 Å². The number of anilines is 1. The van der Waals surface area contributed by atoms with Gasteiger partial charge in [0.05, 0.1) is 6.54 Å². The average Bonchev–Trinajstić information content (AvgIpc) is 3.01. The fourth-order valence-electron chi connectivity index (χ4n) is 2.49. The lowest BCUT2D eigenvalue weighted by Gasteiger charge is -2.22. The molecule has 20 heavy (non-hydrogen) atoms. The molecule has 0 radical (unpaired) electrons. The van der Waals surface area contributed by atoms with Gasteiger partial charge in [0, 0.05) is 24.7 Å². The van der Waals surface area contributed by atoms with Crippen LogP contribution in [0.4, 0.5) is 6.01 Å². The highest BCUT2D eigenvalue weighted by Crippen LogP contribution is 2.27. The summed E-state index contributed by atoms with van der Waals surface area (Å²) < 4.78 is 5.75. The van der Waals surface area contributed by atoms with Gasteiger partial charge in [-0.25, -0.2) is 0 Å². The van der Waals surface area contributed by atoms with Crippen LogP contribution in [0.5, 0.6) is 0 Å². The molecule has 1 atom stereocenters. The molecule has 1 unspecified atom stereocenters. The largest absolute Gasteiger partial charge is 0.407 e. The van der Waals surface area contributed by atoms with Crippen molar-refractivity contribution in [2.24, 2.45) is 0 Å². The molecule has 1 fully saturated rings. The Labute approximate surface area is 120 Å². The van der Waals surface area contributed by atoms with Gasteiger partial charge in [-0.2, -0.15) is 0 Å². The molecule has 0 saturated carbocycles. The summed E-state index contributed by atoms with van der Waals surface area (Å²) in [5.74, 6) is 0.628. The molecule has 0 amide bonds. The molecule has 2 rings (SSSR count). The Morgan fingerprint density at radius 3 is 2.90 bits per heavy atom. The van der Waals surface area contributed by atoms with Crippen LogP contribution in [0.2, 0.25) is 0 Å². The maximum absolute atomic E-state index is 8.96. The average molecular weight is 282 g/mol. The molecule has 114 valence electrons. The van der Waals surface area contributed by atoms with E-state index in [1.807, 2.05) is 0 Å². The molecular formula is C14H26N4O2. The van der Waals surface area contributed by atoms with Gasteiger partial charge in [-0.05, 0) is 46.5 Å². The summed E-state index contributed by atoms with van der Waals surface area (Å²) >= 11 is 0. The first-order valence-corrected chi connectivity index (χ1v) is 7.44. The maximum atomic E-state index is 8.96. The SMILES string of the molecule is CC(C)(C)NCc1nnc(N2CCCC2CCCO)o1. The van der Waals surface area contributed by atoms with Gasteiger partial charge in [0.2, 0.25) is 5.89 Å². The van der Waals surface area contributed by atoms with Gasteiger partial charge in [-0.1, -0.05) is 5.10 Å². The predicted molar refractivity (Wildman–Crippen MR) is 77.6 cm³/mol. The zero-order valence-electron chi connectivity index (χ0n) is 12.7. The van der Waals surface area contributed by atoms with Gasteiger partial charge in [0.25, 0.3) is 0 Å². The van der Waals surface area contributed by atoms with Crippen molar-refractivity contribution < 1.29 is 9.52 Å². The predicted octanol–water partition coefficient (Wildman–Crippen LogP) is 1.70. The normalized spacial score (nSPS) is 19.8. The molecule has 6 heteroatoms. The zero-order valence-corrected chi connectivity index (χ0v) is 12.7. The summed E-state index contributed by atoms with van der Waals surface area (Å²) in [6.45, 7) is 8.12. The van der Waals surface area contributed by atoms with Crippen molar-refractivity contribution in [3.05, 3.63) is 5.89 Å². The van der Waals surface area contributed by atoms with Crippen LogP contribution < -0.4 is 10.2 Å². The summed E-state index contributed by atoms with van der Waals surface area (Å²) in [4.78, 5) is 2.18. The Morgan fingerprint density at radius 1 is 1.40 bits per heavy atom. The molecule has 0 bridgehead atoms. The summed E-state index contributed by atoms with van der Waals surface area (Å²) in [5.41, 5.74) is 0.0337. The third-order valence-corrected chi connectivity index (χ3v) is 3.54. The van der Waals surface area contributed by atoms with Gasteiger partial charge in [0.1, 0.15) is 0 Å². The van der Waals surface area contributed by atoms with Crippen molar-refractivity contribution in [2.45, 2.75) is 64.6 Å². The van der Waals surface area contributed by atoms with Gasteiger partial charge in [-0.15, -0.1) is 5.10 Å². The number of aliphatic hydroxyl groups excluding tert-OH is 1. The van der Waals surface area contributed by atoms with Crippen LogP contribution in [0.1, 0.15) is 52.3 Å². The van der Waals surface area contributed by atoms with E-state index in [1.54, 1.807) is 0 Å². The van der Waals surface area contributed by atoms with Crippen LogP contribution in [-0.4, -0.2) is 40.0 Å². The van der Waals surface area contributed by atoms with Crippen molar-refractivity contribution in [1.29, 1.82) is 0 Å². The fourth-order valence-corrected chi connectivity index (χ4v) is 2.49. The first kappa shape index (κ1) is 15.3. The van der Waals surface area contributed by atoms with Crippen LogP contribution in [0.3, 0.4) is 0 Å². The number of hydrogen-bond acceptors (Lipinski definition) is 6. The molecule has 1 aromatic heterocycles. The summed E-state index contributed by atoms with van der Waals surface area (Å²) in [6, 6.07) is 1.04. The van der Waals surface area contributed by atoms with Crippen LogP contribution >= 0.6 is 0 Å². The highest BCUT2D eigenvalue weighted by molar-refractivity contribution is 5.28. The number of nitrogens with zero attached hydrogens (tertiary/aromatic N) is 3. The lowest BCUT2D eigenvalue weighted by molar-refractivity contribution is 0.279. The van der Waals surface area contributed by atoms with Crippen molar-refractivity contribution in [3.8, 4) is 0 Å². The molecule has 2 heterocycles. The lowest BCUT2D eigenvalue weighted by Crippen LogP contribution is -2.35. The van der Waals surface area contributed by atoms with Crippen LogP contribution in [0.25, 0.3) is 0 Å².